The molecule has 154 valence electrons. The molecule has 0 unspecified atom stereocenters. The zero-order valence-electron chi connectivity index (χ0n) is 15.7. The van der Waals surface area contributed by atoms with E-state index in [1.54, 1.807) is 12.1 Å². The molecule has 0 aromatic heterocycles. The topological polar surface area (TPSA) is 30.5 Å². The van der Waals surface area contributed by atoms with Gasteiger partial charge in [0, 0.05) is 0 Å². The number of halogens is 4. The van der Waals surface area contributed by atoms with Gasteiger partial charge in [-0.1, -0.05) is 37.3 Å². The molecule has 0 spiro atoms. The Morgan fingerprint density at radius 2 is 1.61 bits per heavy atom. The number of aryl methyl sites for hydroxylation is 1. The molecule has 1 aliphatic rings. The quantitative estimate of drug-likeness (QED) is 0.664. The minimum absolute atomic E-state index is 0. The third-order valence-electron chi connectivity index (χ3n) is 4.80. The monoisotopic (exact) mass is 415 g/mol. The number of ether oxygens (including phenoxy) is 2. The number of piperidine rings is 1. The molecule has 0 atom stereocenters. The first-order valence-electron chi connectivity index (χ1n) is 9.27. The van der Waals surface area contributed by atoms with Crippen molar-refractivity contribution in [2.75, 3.05) is 19.7 Å². The van der Waals surface area contributed by atoms with Gasteiger partial charge in [-0.15, -0.1) is 25.6 Å². The van der Waals surface area contributed by atoms with Crippen molar-refractivity contribution < 1.29 is 22.6 Å². The lowest BCUT2D eigenvalue weighted by molar-refractivity contribution is -0.275. The Morgan fingerprint density at radius 1 is 0.964 bits per heavy atom. The minimum Gasteiger partial charge on any atom is -0.489 e. The number of hydrogen-bond acceptors (Lipinski definition) is 3. The summed E-state index contributed by atoms with van der Waals surface area (Å²) in [6, 6.07) is 12.6. The molecule has 2 aromatic rings. The van der Waals surface area contributed by atoms with Crippen molar-refractivity contribution in [2.24, 2.45) is 5.92 Å². The van der Waals surface area contributed by atoms with Crippen molar-refractivity contribution in [3.8, 4) is 22.6 Å². The second-order valence-electron chi connectivity index (χ2n) is 6.76. The summed E-state index contributed by atoms with van der Waals surface area (Å²) in [7, 11) is 0. The Bertz CT molecular complexity index is 744. The zero-order chi connectivity index (χ0) is 19.3. The van der Waals surface area contributed by atoms with Gasteiger partial charge in [0.15, 0.2) is 11.5 Å². The van der Waals surface area contributed by atoms with Crippen LogP contribution >= 0.6 is 12.4 Å². The lowest BCUT2D eigenvalue weighted by Gasteiger charge is -2.23. The Hall–Kier alpha value is -1.92. The molecule has 7 heteroatoms. The highest BCUT2D eigenvalue weighted by Gasteiger charge is 2.32. The largest absolute Gasteiger partial charge is 0.573 e. The summed E-state index contributed by atoms with van der Waals surface area (Å²) >= 11 is 0. The molecule has 0 radical (unpaired) electrons. The molecule has 1 N–H and O–H groups in total. The molecule has 1 saturated heterocycles. The van der Waals surface area contributed by atoms with Crippen LogP contribution in [0.5, 0.6) is 11.5 Å². The van der Waals surface area contributed by atoms with E-state index in [9.17, 15) is 13.2 Å². The second-order valence-corrected chi connectivity index (χ2v) is 6.76. The predicted molar refractivity (Wildman–Crippen MR) is 106 cm³/mol. The summed E-state index contributed by atoms with van der Waals surface area (Å²) in [5.41, 5.74) is 2.93. The average molecular weight is 416 g/mol. The SMILES string of the molecule is CCc1ccc(-c2ccc(OC(F)(F)F)c(OCC3CCNCC3)c2)cc1.Cl. The summed E-state index contributed by atoms with van der Waals surface area (Å²) in [6.45, 7) is 4.27. The molecule has 3 nitrogen and oxygen atoms in total. The van der Waals surface area contributed by atoms with Crippen molar-refractivity contribution in [3.05, 3.63) is 48.0 Å². The Morgan fingerprint density at radius 3 is 2.21 bits per heavy atom. The first-order valence-corrected chi connectivity index (χ1v) is 9.27. The zero-order valence-corrected chi connectivity index (χ0v) is 16.5. The number of rotatable bonds is 6. The fourth-order valence-electron chi connectivity index (χ4n) is 3.20. The maximum absolute atomic E-state index is 12.7. The Kier molecular flexibility index (Phi) is 8.01. The molecule has 2 aromatic carbocycles. The van der Waals surface area contributed by atoms with Crippen molar-refractivity contribution in [1.82, 2.24) is 5.32 Å². The number of alkyl halides is 3. The molecule has 0 aliphatic carbocycles. The smallest absolute Gasteiger partial charge is 0.489 e. The van der Waals surface area contributed by atoms with Crippen LogP contribution in [0, 0.1) is 5.92 Å². The van der Waals surface area contributed by atoms with Crippen LogP contribution in [0.4, 0.5) is 13.2 Å². The van der Waals surface area contributed by atoms with E-state index in [-0.39, 0.29) is 23.9 Å². The van der Waals surface area contributed by atoms with Crippen molar-refractivity contribution in [3.63, 3.8) is 0 Å². The van der Waals surface area contributed by atoms with Crippen LogP contribution in [0.15, 0.2) is 42.5 Å². The summed E-state index contributed by atoms with van der Waals surface area (Å²) < 4.78 is 48.2. The van der Waals surface area contributed by atoms with Gasteiger partial charge in [-0.3, -0.25) is 0 Å². The number of nitrogens with one attached hydrogen (secondary N) is 1. The lowest BCUT2D eigenvalue weighted by Crippen LogP contribution is -2.30. The van der Waals surface area contributed by atoms with E-state index in [1.807, 2.05) is 24.3 Å². The highest BCUT2D eigenvalue weighted by Crippen LogP contribution is 2.36. The van der Waals surface area contributed by atoms with Crippen LogP contribution in [-0.4, -0.2) is 26.1 Å². The van der Waals surface area contributed by atoms with Gasteiger partial charge in [0.1, 0.15) is 0 Å². The van der Waals surface area contributed by atoms with Crippen LogP contribution in [0.3, 0.4) is 0 Å². The summed E-state index contributed by atoms with van der Waals surface area (Å²) in [4.78, 5) is 0. The third-order valence-corrected chi connectivity index (χ3v) is 4.80. The van der Waals surface area contributed by atoms with E-state index in [2.05, 4.69) is 17.0 Å². The summed E-state index contributed by atoms with van der Waals surface area (Å²) in [5.74, 6) is 0.158. The van der Waals surface area contributed by atoms with Gasteiger partial charge in [-0.2, -0.15) is 0 Å². The Labute approximate surface area is 169 Å². The molecule has 0 amide bonds. The third kappa shape index (κ3) is 6.31. The van der Waals surface area contributed by atoms with Crippen molar-refractivity contribution in [1.29, 1.82) is 0 Å². The summed E-state index contributed by atoms with van der Waals surface area (Å²) in [5, 5.41) is 3.27. The second kappa shape index (κ2) is 10.0. The molecule has 3 rings (SSSR count). The van der Waals surface area contributed by atoms with E-state index in [0.717, 1.165) is 43.5 Å². The molecular formula is C21H25ClF3NO2. The number of benzene rings is 2. The lowest BCUT2D eigenvalue weighted by atomic mass is 9.99. The Balaban J connectivity index is 0.00000280. The van der Waals surface area contributed by atoms with E-state index in [1.165, 1.54) is 11.6 Å². The van der Waals surface area contributed by atoms with Crippen molar-refractivity contribution in [2.45, 2.75) is 32.5 Å². The molecule has 28 heavy (non-hydrogen) atoms. The van der Waals surface area contributed by atoms with Gasteiger partial charge < -0.3 is 14.8 Å². The molecule has 0 bridgehead atoms. The van der Waals surface area contributed by atoms with E-state index >= 15 is 0 Å². The fraction of sp³-hybridized carbons (Fsp3) is 0.429. The average Bonchev–Trinajstić information content (AvgIpc) is 2.67. The fourth-order valence-corrected chi connectivity index (χ4v) is 3.20. The maximum Gasteiger partial charge on any atom is 0.573 e. The maximum atomic E-state index is 12.7. The van der Waals surface area contributed by atoms with Crippen molar-refractivity contribution >= 4 is 12.4 Å². The van der Waals surface area contributed by atoms with Crippen LogP contribution in [0.1, 0.15) is 25.3 Å². The van der Waals surface area contributed by atoms with Crippen LogP contribution < -0.4 is 14.8 Å². The first kappa shape index (κ1) is 22.4. The van der Waals surface area contributed by atoms with Gasteiger partial charge in [0.25, 0.3) is 0 Å². The van der Waals surface area contributed by atoms with Crippen LogP contribution in [-0.2, 0) is 6.42 Å². The highest BCUT2D eigenvalue weighted by atomic mass is 35.5. The van der Waals surface area contributed by atoms with Gasteiger partial charge in [-0.05, 0) is 67.1 Å². The van der Waals surface area contributed by atoms with Gasteiger partial charge >= 0.3 is 6.36 Å². The van der Waals surface area contributed by atoms with Gasteiger partial charge in [0.2, 0.25) is 0 Å². The normalized spacial score (nSPS) is 15.0. The standard InChI is InChI=1S/C21H24F3NO2.ClH/c1-2-15-3-5-17(6-4-15)18-7-8-19(27-21(22,23)24)20(13-18)26-14-16-9-11-25-12-10-16;/h3-8,13,16,25H,2,9-12,14H2,1H3;1H. The van der Waals surface area contributed by atoms with E-state index in [0.29, 0.717) is 12.5 Å². The molecule has 1 aliphatic heterocycles. The molecule has 0 saturated carbocycles. The molecule has 1 heterocycles. The first-order chi connectivity index (χ1) is 12.9. The molecule has 1 fully saturated rings. The van der Waals surface area contributed by atoms with E-state index in [4.69, 9.17) is 4.74 Å². The summed E-state index contributed by atoms with van der Waals surface area (Å²) in [6.07, 6.45) is -1.92. The number of hydrogen-bond donors (Lipinski definition) is 1. The minimum atomic E-state index is -4.75. The molecular weight excluding hydrogens is 391 g/mol. The predicted octanol–water partition coefficient (Wildman–Crippen LogP) is 5.61. The van der Waals surface area contributed by atoms with E-state index < -0.39 is 6.36 Å². The highest BCUT2D eigenvalue weighted by molar-refractivity contribution is 5.85. The van der Waals surface area contributed by atoms with Gasteiger partial charge in [-0.25, -0.2) is 0 Å². The van der Waals surface area contributed by atoms with Crippen LogP contribution in [0.2, 0.25) is 0 Å². The van der Waals surface area contributed by atoms with Crippen LogP contribution in [0.25, 0.3) is 11.1 Å². The van der Waals surface area contributed by atoms with Gasteiger partial charge in [0.05, 0.1) is 6.61 Å².